The Morgan fingerprint density at radius 2 is 2.00 bits per heavy atom. The minimum Gasteiger partial charge on any atom is -0.352 e. The molecule has 7 rings (SSSR count). The lowest BCUT2D eigenvalue weighted by atomic mass is 10.1. The van der Waals surface area contributed by atoms with Gasteiger partial charge in [-0.3, -0.25) is 24.3 Å². The van der Waals surface area contributed by atoms with Crippen LogP contribution in [-0.4, -0.2) is 84.0 Å². The molecule has 1 aromatic carbocycles. The van der Waals surface area contributed by atoms with Crippen molar-refractivity contribution < 1.29 is 14.4 Å². The maximum Gasteiger partial charge on any atom is 0.254 e. The van der Waals surface area contributed by atoms with E-state index in [1.807, 2.05) is 6.07 Å². The summed E-state index contributed by atoms with van der Waals surface area (Å²) in [7, 11) is 0. The van der Waals surface area contributed by atoms with Crippen molar-refractivity contribution in [3.63, 3.8) is 0 Å². The summed E-state index contributed by atoms with van der Waals surface area (Å²) < 4.78 is 3.37. The van der Waals surface area contributed by atoms with Crippen molar-refractivity contribution in [2.75, 3.05) is 31.5 Å². The third-order valence-corrected chi connectivity index (χ3v) is 7.68. The lowest BCUT2D eigenvalue weighted by Crippen LogP contribution is -2.28. The van der Waals surface area contributed by atoms with Crippen LogP contribution in [0.3, 0.4) is 0 Å². The van der Waals surface area contributed by atoms with Crippen LogP contribution in [0.5, 0.6) is 0 Å². The molecule has 3 N–H and O–H groups in total. The van der Waals surface area contributed by atoms with Crippen molar-refractivity contribution in [3.05, 3.63) is 47.4 Å². The quantitative estimate of drug-likeness (QED) is 0.159. The molecule has 13 nitrogen and oxygen atoms in total. The molecule has 2 aliphatic heterocycles. The van der Waals surface area contributed by atoms with Gasteiger partial charge < -0.3 is 15.5 Å². The van der Waals surface area contributed by atoms with Crippen molar-refractivity contribution in [3.8, 4) is 5.95 Å². The highest BCUT2D eigenvalue weighted by Crippen LogP contribution is 2.27. The number of fused-ring (bicyclic) bond motifs is 2. The lowest BCUT2D eigenvalue weighted by Gasteiger charge is -2.14. The summed E-state index contributed by atoms with van der Waals surface area (Å²) in [6.07, 6.45) is 10.4. The van der Waals surface area contributed by atoms with Crippen LogP contribution in [0.4, 0.5) is 5.95 Å². The van der Waals surface area contributed by atoms with Gasteiger partial charge >= 0.3 is 0 Å². The molecule has 13 heteroatoms. The maximum absolute atomic E-state index is 12.8. The van der Waals surface area contributed by atoms with Gasteiger partial charge in [-0.2, -0.15) is 19.6 Å². The molecule has 0 radical (unpaired) electrons. The second-order valence-corrected chi connectivity index (χ2v) is 10.8. The van der Waals surface area contributed by atoms with Gasteiger partial charge in [-0.05, 0) is 76.0 Å². The number of likely N-dealkylation sites (tertiary alicyclic amines) is 1. The van der Waals surface area contributed by atoms with Crippen molar-refractivity contribution in [2.24, 2.45) is 0 Å². The SMILES string of the molecule is O=C1C/C(=C\c2cnn3c(NC4CC4)nc(-n4cnc5cc(C(=O)NCCCN6CCCC6)ccc54)nc23)C(=O)N1. The Kier molecular flexibility index (Phi) is 6.42. The van der Waals surface area contributed by atoms with E-state index in [1.165, 1.54) is 12.8 Å². The van der Waals surface area contributed by atoms with Crippen LogP contribution in [0, 0.1) is 0 Å². The van der Waals surface area contributed by atoms with E-state index in [-0.39, 0.29) is 18.2 Å². The second kappa shape index (κ2) is 10.4. The Hall–Kier alpha value is -4.65. The molecule has 0 atom stereocenters. The van der Waals surface area contributed by atoms with Gasteiger partial charge in [-0.25, -0.2) is 4.98 Å². The van der Waals surface area contributed by atoms with E-state index in [2.05, 4.69) is 30.9 Å². The van der Waals surface area contributed by atoms with Crippen molar-refractivity contribution in [2.45, 2.75) is 44.6 Å². The largest absolute Gasteiger partial charge is 0.352 e. The zero-order chi connectivity index (χ0) is 27.9. The smallest absolute Gasteiger partial charge is 0.254 e. The number of amides is 3. The zero-order valence-electron chi connectivity index (χ0n) is 22.5. The summed E-state index contributed by atoms with van der Waals surface area (Å²) >= 11 is 0. The molecule has 3 aromatic heterocycles. The number of benzene rings is 1. The minimum atomic E-state index is -0.410. The van der Waals surface area contributed by atoms with Crippen LogP contribution >= 0.6 is 0 Å². The first-order valence-electron chi connectivity index (χ1n) is 14.1. The Labute approximate surface area is 235 Å². The first kappa shape index (κ1) is 25.3. The van der Waals surface area contributed by atoms with Crippen molar-refractivity contribution in [1.29, 1.82) is 0 Å². The first-order valence-corrected chi connectivity index (χ1v) is 14.1. The third kappa shape index (κ3) is 5.15. The Morgan fingerprint density at radius 1 is 1.15 bits per heavy atom. The normalized spacial score (nSPS) is 18.6. The molecule has 0 unspecified atom stereocenters. The number of aromatic nitrogens is 6. The standard InChI is InChI=1S/C28H30N10O3/c39-23-14-18(26(41)33-23)12-19-15-31-38-24(19)34-27(35-28(38)32-20-5-6-20)37-16-30-21-13-17(4-7-22(21)37)25(40)29-8-3-11-36-9-1-2-10-36/h4,7,12-13,15-16,20H,1-3,5-6,8-11,14H2,(H,29,40)(H,32,34,35)(H,33,39,41)/b18-12+. The Morgan fingerprint density at radius 3 is 2.78 bits per heavy atom. The van der Waals surface area contributed by atoms with E-state index in [9.17, 15) is 14.4 Å². The first-order chi connectivity index (χ1) is 20.0. The predicted molar refractivity (Wildman–Crippen MR) is 150 cm³/mol. The van der Waals surface area contributed by atoms with Gasteiger partial charge in [-0.1, -0.05) is 0 Å². The predicted octanol–water partition coefficient (Wildman–Crippen LogP) is 1.68. The number of nitrogens with zero attached hydrogens (tertiary/aromatic N) is 7. The summed E-state index contributed by atoms with van der Waals surface area (Å²) in [5.41, 5.74) is 3.39. The Bertz CT molecular complexity index is 1710. The molecular formula is C28H30N10O3. The number of imidazole rings is 1. The summed E-state index contributed by atoms with van der Waals surface area (Å²) in [5.74, 6) is 0.0317. The highest BCUT2D eigenvalue weighted by molar-refractivity contribution is 6.15. The van der Waals surface area contributed by atoms with E-state index in [0.29, 0.717) is 52.3 Å². The van der Waals surface area contributed by atoms with Crippen LogP contribution in [-0.2, 0) is 9.59 Å². The minimum absolute atomic E-state index is 0.0157. The molecule has 210 valence electrons. The molecule has 3 amide bonds. The number of hydrogen-bond acceptors (Lipinski definition) is 9. The monoisotopic (exact) mass is 554 g/mol. The highest BCUT2D eigenvalue weighted by atomic mass is 16.2. The summed E-state index contributed by atoms with van der Waals surface area (Å²) in [6.45, 7) is 3.94. The summed E-state index contributed by atoms with van der Waals surface area (Å²) in [4.78, 5) is 53.1. The fraction of sp³-hybridized carbons (Fsp3) is 0.393. The van der Waals surface area contributed by atoms with E-state index < -0.39 is 5.91 Å². The number of carbonyl (C=O) groups is 3. The van der Waals surface area contributed by atoms with Gasteiger partial charge in [0.2, 0.25) is 17.8 Å². The Balaban J connectivity index is 1.16. The van der Waals surface area contributed by atoms with Gasteiger partial charge in [0.25, 0.3) is 11.8 Å². The summed E-state index contributed by atoms with van der Waals surface area (Å²) in [5, 5.41) is 13.2. The fourth-order valence-electron chi connectivity index (χ4n) is 5.33. The molecule has 3 fully saturated rings. The molecular weight excluding hydrogens is 524 g/mol. The van der Waals surface area contributed by atoms with Crippen molar-refractivity contribution >= 4 is 46.4 Å². The number of carbonyl (C=O) groups excluding carboxylic acids is 3. The van der Waals surface area contributed by atoms with Crippen LogP contribution in [0.25, 0.3) is 28.7 Å². The number of rotatable bonds is 9. The maximum atomic E-state index is 12.8. The van der Waals surface area contributed by atoms with Gasteiger partial charge in [-0.15, -0.1) is 0 Å². The van der Waals surface area contributed by atoms with Crippen molar-refractivity contribution in [1.82, 2.24) is 44.7 Å². The van der Waals surface area contributed by atoms with E-state index in [1.54, 1.807) is 39.8 Å². The van der Waals surface area contributed by atoms with Crippen LogP contribution < -0.4 is 16.0 Å². The van der Waals surface area contributed by atoms with Crippen LogP contribution in [0.15, 0.2) is 36.3 Å². The second-order valence-electron chi connectivity index (χ2n) is 10.8. The molecule has 4 aromatic rings. The molecule has 1 aliphatic carbocycles. The number of nitrogens with one attached hydrogen (secondary N) is 3. The van der Waals surface area contributed by atoms with Gasteiger partial charge in [0.05, 0.1) is 23.7 Å². The zero-order valence-corrected chi connectivity index (χ0v) is 22.5. The van der Waals surface area contributed by atoms with Crippen LogP contribution in [0.2, 0.25) is 0 Å². The molecule has 5 heterocycles. The molecule has 0 spiro atoms. The van der Waals surface area contributed by atoms with E-state index in [0.717, 1.165) is 44.4 Å². The number of imide groups is 1. The van der Waals surface area contributed by atoms with Gasteiger partial charge in [0.15, 0.2) is 5.65 Å². The van der Waals surface area contributed by atoms with Gasteiger partial charge in [0, 0.05) is 29.3 Å². The fourth-order valence-corrected chi connectivity index (χ4v) is 5.33. The van der Waals surface area contributed by atoms with Gasteiger partial charge in [0.1, 0.15) is 6.33 Å². The molecule has 41 heavy (non-hydrogen) atoms. The summed E-state index contributed by atoms with van der Waals surface area (Å²) in [6, 6.07) is 5.70. The topological polar surface area (TPSA) is 151 Å². The number of anilines is 1. The highest BCUT2D eigenvalue weighted by Gasteiger charge is 2.26. The molecule has 1 saturated carbocycles. The molecule has 3 aliphatic rings. The third-order valence-electron chi connectivity index (χ3n) is 7.68. The van der Waals surface area contributed by atoms with Crippen LogP contribution in [0.1, 0.15) is 54.4 Å². The molecule has 2 saturated heterocycles. The number of hydrogen-bond donors (Lipinski definition) is 3. The van der Waals surface area contributed by atoms with E-state index >= 15 is 0 Å². The lowest BCUT2D eigenvalue weighted by molar-refractivity contribution is -0.124. The average molecular weight is 555 g/mol. The molecule has 0 bridgehead atoms. The van der Waals surface area contributed by atoms with E-state index in [4.69, 9.17) is 9.97 Å². The average Bonchev–Trinajstić information content (AvgIpc) is 3.33.